The molecule has 9 heteroatoms. The van der Waals surface area contributed by atoms with Crippen molar-refractivity contribution in [3.8, 4) is 0 Å². The lowest BCUT2D eigenvalue weighted by Crippen LogP contribution is -2.39. The van der Waals surface area contributed by atoms with Gasteiger partial charge in [0.25, 0.3) is 0 Å². The predicted molar refractivity (Wildman–Crippen MR) is 68.7 cm³/mol. The Kier molecular flexibility index (Phi) is 3.96. The highest BCUT2D eigenvalue weighted by atomic mass is 32.2. The van der Waals surface area contributed by atoms with E-state index in [1.54, 1.807) is 19.4 Å². The molecule has 7 nitrogen and oxygen atoms in total. The van der Waals surface area contributed by atoms with Gasteiger partial charge in [-0.15, -0.1) is 11.3 Å². The first kappa shape index (κ1) is 14.8. The number of aryl methyl sites for hydroxylation is 1. The highest BCUT2D eigenvalue weighted by Gasteiger charge is 2.45. The molecular formula is C10H16N2O5S2. The fourth-order valence-corrected chi connectivity index (χ4v) is 3.22. The lowest BCUT2D eigenvalue weighted by molar-refractivity contribution is -0.147. The van der Waals surface area contributed by atoms with E-state index in [4.69, 9.17) is 9.47 Å². The summed E-state index contributed by atoms with van der Waals surface area (Å²) in [6.45, 7) is 5.28. The van der Waals surface area contributed by atoms with Crippen molar-refractivity contribution in [2.24, 2.45) is 0 Å². The van der Waals surface area contributed by atoms with Crippen LogP contribution in [0.3, 0.4) is 0 Å². The zero-order valence-electron chi connectivity index (χ0n) is 11.0. The zero-order valence-corrected chi connectivity index (χ0v) is 12.7. The summed E-state index contributed by atoms with van der Waals surface area (Å²) in [6, 6.07) is 0. The maximum absolute atomic E-state index is 11.5. The molecule has 0 spiro atoms. The number of aromatic nitrogens is 1. The summed E-state index contributed by atoms with van der Waals surface area (Å²) < 4.78 is 41.0. The Morgan fingerprint density at radius 3 is 2.68 bits per heavy atom. The van der Waals surface area contributed by atoms with E-state index < -0.39 is 28.4 Å². The van der Waals surface area contributed by atoms with Crippen LogP contribution in [0.1, 0.15) is 30.5 Å². The van der Waals surface area contributed by atoms with Gasteiger partial charge in [0, 0.05) is 0 Å². The largest absolute Gasteiger partial charge is 0.337 e. The van der Waals surface area contributed by atoms with Crippen LogP contribution in [0.2, 0.25) is 0 Å². The molecular weight excluding hydrogens is 292 g/mol. The molecule has 0 aromatic carbocycles. The molecule has 1 aromatic rings. The Bertz CT molecular complexity index is 554. The summed E-state index contributed by atoms with van der Waals surface area (Å²) in [5.74, 6) is -0.887. The van der Waals surface area contributed by atoms with Crippen LogP contribution in [0, 0.1) is 6.92 Å². The highest BCUT2D eigenvalue weighted by molar-refractivity contribution is 7.84. The molecule has 0 aliphatic carbocycles. The fourth-order valence-electron chi connectivity index (χ4n) is 1.81. The number of hydrogen-bond acceptors (Lipinski definition) is 7. The highest BCUT2D eigenvalue weighted by Crippen LogP contribution is 2.39. The van der Waals surface area contributed by atoms with Gasteiger partial charge in [0.2, 0.25) is 0 Å². The van der Waals surface area contributed by atoms with Crippen molar-refractivity contribution < 1.29 is 22.1 Å². The predicted octanol–water partition coefficient (Wildman–Crippen LogP) is 1.08. The third kappa shape index (κ3) is 3.30. The Hall–Kier alpha value is -0.580. The molecule has 0 saturated carbocycles. The molecule has 1 N–H and O–H groups in total. The van der Waals surface area contributed by atoms with Crippen molar-refractivity contribution in [2.75, 3.05) is 7.11 Å². The van der Waals surface area contributed by atoms with Crippen molar-refractivity contribution in [1.29, 1.82) is 0 Å². The molecule has 1 saturated heterocycles. The third-order valence-electron chi connectivity index (χ3n) is 2.62. The van der Waals surface area contributed by atoms with Crippen LogP contribution in [-0.4, -0.2) is 32.5 Å². The first-order valence-corrected chi connectivity index (χ1v) is 7.86. The molecule has 0 bridgehead atoms. The van der Waals surface area contributed by atoms with Crippen molar-refractivity contribution >= 4 is 21.6 Å². The van der Waals surface area contributed by atoms with Crippen LogP contribution in [-0.2, 0) is 24.0 Å². The number of rotatable bonds is 4. The molecule has 2 atom stereocenters. The van der Waals surface area contributed by atoms with Crippen LogP contribution in [0.15, 0.2) is 5.51 Å². The van der Waals surface area contributed by atoms with Gasteiger partial charge in [0.05, 0.1) is 23.2 Å². The van der Waals surface area contributed by atoms with Crippen LogP contribution in [0.4, 0.5) is 0 Å². The summed E-state index contributed by atoms with van der Waals surface area (Å²) in [6.07, 6.45) is -1.40. The first-order valence-electron chi connectivity index (χ1n) is 5.57. The first-order chi connectivity index (χ1) is 8.74. The molecule has 2 rings (SSSR count). The van der Waals surface area contributed by atoms with Gasteiger partial charge in [-0.1, -0.05) is 0 Å². The van der Waals surface area contributed by atoms with Gasteiger partial charge in [-0.05, 0) is 20.8 Å². The molecule has 1 aromatic heterocycles. The molecule has 108 valence electrons. The van der Waals surface area contributed by atoms with Gasteiger partial charge in [-0.25, -0.2) is 4.98 Å². The molecule has 1 aliphatic rings. The minimum atomic E-state index is -3.86. The van der Waals surface area contributed by atoms with E-state index in [-0.39, 0.29) is 0 Å². The lowest BCUT2D eigenvalue weighted by Gasteiger charge is -2.16. The Labute approximate surface area is 116 Å². The maximum atomic E-state index is 11.5. The third-order valence-corrected chi connectivity index (χ3v) is 4.57. The summed E-state index contributed by atoms with van der Waals surface area (Å²) in [4.78, 5) is 4.96. The van der Waals surface area contributed by atoms with Gasteiger partial charge in [-0.2, -0.15) is 13.1 Å². The molecule has 19 heavy (non-hydrogen) atoms. The fraction of sp³-hybridized carbons (Fsp3) is 0.700. The van der Waals surface area contributed by atoms with Gasteiger partial charge < -0.3 is 9.47 Å². The Morgan fingerprint density at radius 1 is 1.47 bits per heavy atom. The SMILES string of the molecule is COS(=O)(=O)N[C@H]1OC(C)(C)O[C@H]1c1scnc1C. The van der Waals surface area contributed by atoms with Crippen LogP contribution in [0.5, 0.6) is 0 Å². The van der Waals surface area contributed by atoms with E-state index in [0.717, 1.165) is 17.7 Å². The second-order valence-electron chi connectivity index (χ2n) is 4.52. The van der Waals surface area contributed by atoms with Gasteiger partial charge in [0.15, 0.2) is 12.0 Å². The average molecular weight is 308 g/mol. The van der Waals surface area contributed by atoms with Crippen LogP contribution in [0.25, 0.3) is 0 Å². The van der Waals surface area contributed by atoms with Gasteiger partial charge in [0.1, 0.15) is 6.10 Å². The Morgan fingerprint density at radius 2 is 2.16 bits per heavy atom. The van der Waals surface area contributed by atoms with Crippen LogP contribution < -0.4 is 4.72 Å². The van der Waals surface area contributed by atoms with Gasteiger partial charge >= 0.3 is 10.3 Å². The molecule has 2 heterocycles. The van der Waals surface area contributed by atoms with Crippen LogP contribution >= 0.6 is 11.3 Å². The number of nitrogens with one attached hydrogen (secondary N) is 1. The molecule has 0 unspecified atom stereocenters. The van der Waals surface area contributed by atoms with E-state index in [0.29, 0.717) is 0 Å². The average Bonchev–Trinajstić information content (AvgIpc) is 2.81. The van der Waals surface area contributed by atoms with Gasteiger partial charge in [-0.3, -0.25) is 4.18 Å². The van der Waals surface area contributed by atoms with E-state index in [9.17, 15) is 8.42 Å². The summed E-state index contributed by atoms with van der Waals surface area (Å²) in [7, 11) is -2.78. The maximum Gasteiger partial charge on any atom is 0.337 e. The van der Waals surface area contributed by atoms with E-state index in [1.807, 2.05) is 6.92 Å². The molecule has 0 radical (unpaired) electrons. The monoisotopic (exact) mass is 308 g/mol. The number of hydrogen-bond donors (Lipinski definition) is 1. The lowest BCUT2D eigenvalue weighted by atomic mass is 10.2. The molecule has 0 amide bonds. The minimum absolute atomic E-state index is 0.549. The standard InChI is InChI=1S/C10H16N2O5S2/c1-6-8(18-5-11-6)7-9(12-19(13,14)15-4)17-10(2,3)16-7/h5,7,9,12H,1-4H3/t7-,9-/m0/s1. The van der Waals surface area contributed by atoms with E-state index >= 15 is 0 Å². The summed E-state index contributed by atoms with van der Waals surface area (Å²) >= 11 is 1.39. The number of nitrogens with zero attached hydrogens (tertiary/aromatic N) is 1. The zero-order chi connectivity index (χ0) is 14.3. The Balaban J connectivity index is 2.27. The van der Waals surface area contributed by atoms with Crippen molar-refractivity contribution in [3.05, 3.63) is 16.1 Å². The topological polar surface area (TPSA) is 86.8 Å². The smallest absolute Gasteiger partial charge is 0.337 e. The van der Waals surface area contributed by atoms with Crippen molar-refractivity contribution in [1.82, 2.24) is 9.71 Å². The minimum Gasteiger partial charge on any atom is -0.337 e. The summed E-state index contributed by atoms with van der Waals surface area (Å²) in [5.41, 5.74) is 2.47. The van der Waals surface area contributed by atoms with Crippen molar-refractivity contribution in [2.45, 2.75) is 38.9 Å². The second kappa shape index (κ2) is 5.08. The second-order valence-corrected chi connectivity index (χ2v) is 6.88. The van der Waals surface area contributed by atoms with E-state index in [1.165, 1.54) is 11.3 Å². The number of ether oxygens (including phenoxy) is 2. The summed E-state index contributed by atoms with van der Waals surface area (Å²) in [5, 5.41) is 0. The molecule has 1 aliphatic heterocycles. The normalized spacial score (nSPS) is 26.7. The quantitative estimate of drug-likeness (QED) is 0.895. The van der Waals surface area contributed by atoms with E-state index in [2.05, 4.69) is 13.9 Å². The van der Waals surface area contributed by atoms with Crippen molar-refractivity contribution in [3.63, 3.8) is 0 Å². The number of thiazole rings is 1. The molecule has 1 fully saturated rings.